The molecule has 2 aromatic rings. The van der Waals surface area contributed by atoms with Crippen molar-refractivity contribution in [1.82, 2.24) is 10.6 Å². The number of nitrogens with one attached hydrogen (secondary N) is 2. The molecular weight excluding hydrogens is 280 g/mol. The van der Waals surface area contributed by atoms with Gasteiger partial charge in [-0.1, -0.05) is 30.3 Å². The van der Waals surface area contributed by atoms with Gasteiger partial charge in [0.2, 0.25) is 11.8 Å². The van der Waals surface area contributed by atoms with E-state index in [0.717, 1.165) is 5.56 Å². The van der Waals surface area contributed by atoms with Gasteiger partial charge in [-0.15, -0.1) is 0 Å². The van der Waals surface area contributed by atoms with Gasteiger partial charge in [-0.25, -0.2) is 0 Å². The molecule has 22 heavy (non-hydrogen) atoms. The topological polar surface area (TPSA) is 71.3 Å². The van der Waals surface area contributed by atoms with Crippen LogP contribution < -0.4 is 10.6 Å². The fourth-order valence-corrected chi connectivity index (χ4v) is 2.02. The first-order valence-electron chi connectivity index (χ1n) is 7.28. The van der Waals surface area contributed by atoms with E-state index in [2.05, 4.69) is 10.6 Å². The number of hydrogen-bond acceptors (Lipinski definition) is 3. The van der Waals surface area contributed by atoms with Gasteiger partial charge in [0.25, 0.3) is 0 Å². The Bertz CT molecular complexity index is 594. The molecule has 0 aliphatic heterocycles. The normalized spacial score (nSPS) is 11.7. The van der Waals surface area contributed by atoms with Crippen molar-refractivity contribution in [3.8, 4) is 0 Å². The van der Waals surface area contributed by atoms with Crippen LogP contribution in [0.15, 0.2) is 53.1 Å². The van der Waals surface area contributed by atoms with Crippen molar-refractivity contribution in [2.75, 3.05) is 0 Å². The van der Waals surface area contributed by atoms with E-state index in [4.69, 9.17) is 4.42 Å². The number of carbonyl (C=O) groups is 2. The standard InChI is InChI=1S/C17H20N2O3/c1-13(17(21)18-12-15-8-5-11-22-15)19-16(20)10-9-14-6-3-2-4-7-14/h2-8,11,13H,9-10,12H2,1H3,(H,18,21)(H,19,20)/t13-/m0/s1. The zero-order valence-electron chi connectivity index (χ0n) is 12.5. The van der Waals surface area contributed by atoms with Crippen LogP contribution >= 0.6 is 0 Å². The molecule has 0 spiro atoms. The third-order valence-corrected chi connectivity index (χ3v) is 3.27. The smallest absolute Gasteiger partial charge is 0.242 e. The molecule has 5 heteroatoms. The summed E-state index contributed by atoms with van der Waals surface area (Å²) >= 11 is 0. The van der Waals surface area contributed by atoms with Gasteiger partial charge in [-0.2, -0.15) is 0 Å². The van der Waals surface area contributed by atoms with Crippen LogP contribution in [-0.2, 0) is 22.6 Å². The van der Waals surface area contributed by atoms with Gasteiger partial charge in [-0.05, 0) is 31.0 Å². The summed E-state index contributed by atoms with van der Waals surface area (Å²) in [5.74, 6) is 0.310. The second-order valence-corrected chi connectivity index (χ2v) is 5.07. The number of benzene rings is 1. The molecule has 0 saturated carbocycles. The molecule has 0 saturated heterocycles. The summed E-state index contributed by atoms with van der Waals surface area (Å²) in [5.41, 5.74) is 1.10. The summed E-state index contributed by atoms with van der Waals surface area (Å²) in [6.45, 7) is 1.98. The third-order valence-electron chi connectivity index (χ3n) is 3.27. The summed E-state index contributed by atoms with van der Waals surface area (Å²) in [4.78, 5) is 23.7. The third kappa shape index (κ3) is 5.09. The highest BCUT2D eigenvalue weighted by molar-refractivity contribution is 5.87. The molecule has 0 bridgehead atoms. The molecule has 1 heterocycles. The Morgan fingerprint density at radius 2 is 1.91 bits per heavy atom. The van der Waals surface area contributed by atoms with Crippen LogP contribution in [0.1, 0.15) is 24.7 Å². The molecule has 0 fully saturated rings. The number of hydrogen-bond donors (Lipinski definition) is 2. The Labute approximate surface area is 129 Å². The summed E-state index contributed by atoms with van der Waals surface area (Å²) in [7, 11) is 0. The van der Waals surface area contributed by atoms with E-state index in [9.17, 15) is 9.59 Å². The maximum absolute atomic E-state index is 11.9. The van der Waals surface area contributed by atoms with Crippen molar-refractivity contribution in [1.29, 1.82) is 0 Å². The van der Waals surface area contributed by atoms with Gasteiger partial charge in [0.05, 0.1) is 12.8 Å². The highest BCUT2D eigenvalue weighted by atomic mass is 16.3. The SMILES string of the molecule is C[C@H](NC(=O)CCc1ccccc1)C(=O)NCc1ccco1. The van der Waals surface area contributed by atoms with Gasteiger partial charge in [0, 0.05) is 6.42 Å². The van der Waals surface area contributed by atoms with Crippen molar-refractivity contribution in [3.63, 3.8) is 0 Å². The van der Waals surface area contributed by atoms with Crippen molar-refractivity contribution in [3.05, 3.63) is 60.1 Å². The maximum Gasteiger partial charge on any atom is 0.242 e. The Kier molecular flexibility index (Phi) is 5.77. The van der Waals surface area contributed by atoms with Crippen LogP contribution in [0.5, 0.6) is 0 Å². The lowest BCUT2D eigenvalue weighted by molar-refractivity contribution is -0.128. The van der Waals surface area contributed by atoms with Crippen LogP contribution in [0.2, 0.25) is 0 Å². The molecule has 1 aromatic carbocycles. The van der Waals surface area contributed by atoms with Gasteiger partial charge >= 0.3 is 0 Å². The number of aryl methyl sites for hydroxylation is 1. The Morgan fingerprint density at radius 1 is 1.14 bits per heavy atom. The lowest BCUT2D eigenvalue weighted by Crippen LogP contribution is -2.44. The monoisotopic (exact) mass is 300 g/mol. The van der Waals surface area contributed by atoms with Crippen LogP contribution in [0.3, 0.4) is 0 Å². The first-order valence-corrected chi connectivity index (χ1v) is 7.28. The number of carbonyl (C=O) groups excluding carboxylic acids is 2. The van der Waals surface area contributed by atoms with E-state index in [0.29, 0.717) is 25.1 Å². The Balaban J connectivity index is 1.70. The van der Waals surface area contributed by atoms with Crippen molar-refractivity contribution < 1.29 is 14.0 Å². The summed E-state index contributed by atoms with van der Waals surface area (Å²) in [6.07, 6.45) is 2.57. The molecule has 0 aliphatic carbocycles. The largest absolute Gasteiger partial charge is 0.467 e. The van der Waals surface area contributed by atoms with Gasteiger partial charge < -0.3 is 15.1 Å². The molecule has 2 rings (SSSR count). The van der Waals surface area contributed by atoms with Gasteiger partial charge in [0.15, 0.2) is 0 Å². The fraction of sp³-hybridized carbons (Fsp3) is 0.294. The van der Waals surface area contributed by atoms with Gasteiger partial charge in [-0.3, -0.25) is 9.59 Å². The van der Waals surface area contributed by atoms with Gasteiger partial charge in [0.1, 0.15) is 11.8 Å². The average molecular weight is 300 g/mol. The van der Waals surface area contributed by atoms with E-state index >= 15 is 0 Å². The maximum atomic E-state index is 11.9. The quantitative estimate of drug-likeness (QED) is 0.822. The van der Waals surface area contributed by atoms with Crippen LogP contribution in [-0.4, -0.2) is 17.9 Å². The van der Waals surface area contributed by atoms with E-state index in [1.165, 1.54) is 0 Å². The minimum Gasteiger partial charge on any atom is -0.467 e. The summed E-state index contributed by atoms with van der Waals surface area (Å²) in [6, 6.07) is 12.8. The average Bonchev–Trinajstić information content (AvgIpc) is 3.05. The van der Waals surface area contributed by atoms with E-state index in [-0.39, 0.29) is 11.8 Å². The molecule has 1 atom stereocenters. The van der Waals surface area contributed by atoms with Crippen molar-refractivity contribution in [2.45, 2.75) is 32.4 Å². The molecule has 1 aromatic heterocycles. The van der Waals surface area contributed by atoms with Crippen molar-refractivity contribution >= 4 is 11.8 Å². The Hall–Kier alpha value is -2.56. The minimum absolute atomic E-state index is 0.135. The Morgan fingerprint density at radius 3 is 2.59 bits per heavy atom. The van der Waals surface area contributed by atoms with E-state index in [1.807, 2.05) is 30.3 Å². The number of rotatable bonds is 7. The van der Waals surface area contributed by atoms with E-state index in [1.54, 1.807) is 25.3 Å². The van der Waals surface area contributed by atoms with Crippen LogP contribution in [0.25, 0.3) is 0 Å². The number of amides is 2. The zero-order chi connectivity index (χ0) is 15.8. The molecule has 2 amide bonds. The molecular formula is C17H20N2O3. The molecule has 5 nitrogen and oxygen atoms in total. The first kappa shape index (κ1) is 15.8. The number of furan rings is 1. The molecule has 0 aliphatic rings. The van der Waals surface area contributed by atoms with E-state index < -0.39 is 6.04 Å². The highest BCUT2D eigenvalue weighted by Crippen LogP contribution is 2.02. The predicted octanol–water partition coefficient (Wildman–Crippen LogP) is 2.03. The van der Waals surface area contributed by atoms with Crippen LogP contribution in [0, 0.1) is 0 Å². The summed E-state index contributed by atoms with van der Waals surface area (Å²) < 4.78 is 5.13. The van der Waals surface area contributed by atoms with Crippen LogP contribution in [0.4, 0.5) is 0 Å². The fourth-order valence-electron chi connectivity index (χ4n) is 2.02. The van der Waals surface area contributed by atoms with Crippen molar-refractivity contribution in [2.24, 2.45) is 0 Å². The zero-order valence-corrected chi connectivity index (χ0v) is 12.5. The first-order chi connectivity index (χ1) is 10.6. The molecule has 2 N–H and O–H groups in total. The lowest BCUT2D eigenvalue weighted by atomic mass is 10.1. The lowest BCUT2D eigenvalue weighted by Gasteiger charge is -2.13. The summed E-state index contributed by atoms with van der Waals surface area (Å²) in [5, 5.41) is 5.41. The highest BCUT2D eigenvalue weighted by Gasteiger charge is 2.15. The molecule has 0 radical (unpaired) electrons. The second-order valence-electron chi connectivity index (χ2n) is 5.07. The predicted molar refractivity (Wildman–Crippen MR) is 82.9 cm³/mol. The second kappa shape index (κ2) is 8.02. The molecule has 0 unspecified atom stereocenters. The molecule has 116 valence electrons. The minimum atomic E-state index is -0.571.